The molecule has 1 aliphatic heterocycles. The van der Waals surface area contributed by atoms with Gasteiger partial charge in [-0.1, -0.05) is 42.5 Å². The molecule has 2 amide bonds. The van der Waals surface area contributed by atoms with Crippen molar-refractivity contribution < 1.29 is 22.8 Å². The van der Waals surface area contributed by atoms with Gasteiger partial charge in [-0.15, -0.1) is 0 Å². The van der Waals surface area contributed by atoms with Crippen molar-refractivity contribution in [2.45, 2.75) is 37.1 Å². The summed E-state index contributed by atoms with van der Waals surface area (Å²) in [7, 11) is -3.77. The minimum absolute atomic E-state index is 0.0600. The SMILES string of the molecule is CC(=O)c1cccc(S(=O)(=O)N2CCC(C(=O)NC(Cc3ccccc3)C(N)=O)CC2)c1. The maximum atomic E-state index is 13.0. The molecule has 0 saturated carbocycles. The summed E-state index contributed by atoms with van der Waals surface area (Å²) in [6.45, 7) is 1.72. The van der Waals surface area contributed by atoms with E-state index in [2.05, 4.69) is 5.32 Å². The molecule has 1 atom stereocenters. The van der Waals surface area contributed by atoms with Gasteiger partial charge in [0.05, 0.1) is 4.90 Å². The Kier molecular flexibility index (Phi) is 7.42. The number of ketones is 1. The highest BCUT2D eigenvalue weighted by molar-refractivity contribution is 7.89. The van der Waals surface area contributed by atoms with Crippen molar-refractivity contribution in [2.24, 2.45) is 11.7 Å². The van der Waals surface area contributed by atoms with E-state index < -0.39 is 27.9 Å². The molecule has 1 fully saturated rings. The molecule has 8 nitrogen and oxygen atoms in total. The van der Waals surface area contributed by atoms with Crippen LogP contribution in [0.2, 0.25) is 0 Å². The number of carbonyl (C=O) groups excluding carboxylic acids is 3. The smallest absolute Gasteiger partial charge is 0.243 e. The van der Waals surface area contributed by atoms with Crippen molar-refractivity contribution in [2.75, 3.05) is 13.1 Å². The molecule has 0 radical (unpaired) electrons. The lowest BCUT2D eigenvalue weighted by Crippen LogP contribution is -2.50. The zero-order valence-corrected chi connectivity index (χ0v) is 18.7. The Labute approximate surface area is 187 Å². The average Bonchev–Trinajstić information content (AvgIpc) is 2.79. The third-order valence-electron chi connectivity index (χ3n) is 5.65. The van der Waals surface area contributed by atoms with Crippen molar-refractivity contribution in [1.82, 2.24) is 9.62 Å². The lowest BCUT2D eigenvalue weighted by molar-refractivity contribution is -0.130. The van der Waals surface area contributed by atoms with Gasteiger partial charge in [0.2, 0.25) is 21.8 Å². The van der Waals surface area contributed by atoms with E-state index >= 15 is 0 Å². The van der Waals surface area contributed by atoms with Gasteiger partial charge in [0.15, 0.2) is 5.78 Å². The second kappa shape index (κ2) is 10.1. The highest BCUT2D eigenvalue weighted by Gasteiger charge is 2.33. The first-order chi connectivity index (χ1) is 15.2. The van der Waals surface area contributed by atoms with Crippen molar-refractivity contribution in [3.8, 4) is 0 Å². The van der Waals surface area contributed by atoms with Crippen LogP contribution < -0.4 is 11.1 Å². The number of primary amides is 1. The van der Waals surface area contributed by atoms with E-state index in [-0.39, 0.29) is 29.7 Å². The largest absolute Gasteiger partial charge is 0.368 e. The average molecular weight is 458 g/mol. The summed E-state index contributed by atoms with van der Waals surface area (Å²) in [4.78, 5) is 36.2. The van der Waals surface area contributed by atoms with E-state index in [4.69, 9.17) is 5.73 Å². The molecule has 9 heteroatoms. The first-order valence-electron chi connectivity index (χ1n) is 10.4. The predicted octanol–water partition coefficient (Wildman–Crippen LogP) is 1.50. The Hall–Kier alpha value is -3.04. The number of nitrogens with one attached hydrogen (secondary N) is 1. The highest BCUT2D eigenvalue weighted by atomic mass is 32.2. The fourth-order valence-corrected chi connectivity index (χ4v) is 5.26. The number of nitrogens with two attached hydrogens (primary N) is 1. The minimum Gasteiger partial charge on any atom is -0.368 e. The second-order valence-corrected chi connectivity index (χ2v) is 9.85. The van der Waals surface area contributed by atoms with E-state index in [1.807, 2.05) is 30.3 Å². The van der Waals surface area contributed by atoms with Crippen LogP contribution in [-0.2, 0) is 26.0 Å². The van der Waals surface area contributed by atoms with Crippen LogP contribution in [0.4, 0.5) is 0 Å². The fraction of sp³-hybridized carbons (Fsp3) is 0.348. The maximum absolute atomic E-state index is 13.0. The van der Waals surface area contributed by atoms with Gasteiger partial charge in [-0.05, 0) is 37.5 Å². The third kappa shape index (κ3) is 5.60. The summed E-state index contributed by atoms with van der Waals surface area (Å²) in [5.41, 5.74) is 6.68. The minimum atomic E-state index is -3.77. The highest BCUT2D eigenvalue weighted by Crippen LogP contribution is 2.25. The Morgan fingerprint density at radius 3 is 2.31 bits per heavy atom. The number of carbonyl (C=O) groups is 3. The molecule has 0 aliphatic carbocycles. The number of hydrogen-bond donors (Lipinski definition) is 2. The zero-order chi connectivity index (χ0) is 23.3. The standard InChI is InChI=1S/C23H27N3O5S/c1-16(27)19-8-5-9-20(15-19)32(30,31)26-12-10-18(11-13-26)23(29)25-21(22(24)28)14-17-6-3-2-4-7-17/h2-9,15,18,21H,10-14H2,1H3,(H2,24,28)(H,25,29). The number of Topliss-reactive ketones (excluding diaryl/α,β-unsaturated/α-hetero) is 1. The molecule has 0 spiro atoms. The Morgan fingerprint density at radius 1 is 1.06 bits per heavy atom. The Bertz CT molecular complexity index is 1090. The quantitative estimate of drug-likeness (QED) is 0.581. The molecule has 1 heterocycles. The van der Waals surface area contributed by atoms with Gasteiger partial charge in [-0.2, -0.15) is 4.31 Å². The monoisotopic (exact) mass is 457 g/mol. The number of rotatable bonds is 8. The molecule has 1 unspecified atom stereocenters. The van der Waals surface area contributed by atoms with Gasteiger partial charge in [-0.3, -0.25) is 14.4 Å². The molecule has 170 valence electrons. The molecule has 2 aromatic carbocycles. The van der Waals surface area contributed by atoms with E-state index in [9.17, 15) is 22.8 Å². The maximum Gasteiger partial charge on any atom is 0.243 e. The normalized spacial score (nSPS) is 16.3. The number of amides is 2. The van der Waals surface area contributed by atoms with E-state index in [0.717, 1.165) is 5.56 Å². The van der Waals surface area contributed by atoms with E-state index in [1.54, 1.807) is 12.1 Å². The molecule has 0 bridgehead atoms. The van der Waals surface area contributed by atoms with Crippen molar-refractivity contribution in [1.29, 1.82) is 0 Å². The molecule has 3 rings (SSSR count). The van der Waals surface area contributed by atoms with Crippen LogP contribution in [0.5, 0.6) is 0 Å². The van der Waals surface area contributed by atoms with Crippen LogP contribution >= 0.6 is 0 Å². The number of piperidine rings is 1. The van der Waals surface area contributed by atoms with Crippen molar-refractivity contribution in [3.63, 3.8) is 0 Å². The molecule has 1 aliphatic rings. The van der Waals surface area contributed by atoms with Gasteiger partial charge in [-0.25, -0.2) is 8.42 Å². The van der Waals surface area contributed by atoms with E-state index in [0.29, 0.717) is 24.8 Å². The van der Waals surface area contributed by atoms with Crippen molar-refractivity contribution >= 4 is 27.6 Å². The van der Waals surface area contributed by atoms with Crippen LogP contribution in [-0.4, -0.2) is 49.5 Å². The van der Waals surface area contributed by atoms with E-state index in [1.165, 1.54) is 23.4 Å². The van der Waals surface area contributed by atoms with Crippen LogP contribution in [0.3, 0.4) is 0 Å². The number of nitrogens with zero attached hydrogens (tertiary/aromatic N) is 1. The second-order valence-electron chi connectivity index (χ2n) is 7.92. The zero-order valence-electron chi connectivity index (χ0n) is 17.9. The Morgan fingerprint density at radius 2 is 1.72 bits per heavy atom. The van der Waals surface area contributed by atoms with Gasteiger partial charge in [0.1, 0.15) is 6.04 Å². The lowest BCUT2D eigenvalue weighted by atomic mass is 9.96. The molecule has 32 heavy (non-hydrogen) atoms. The number of benzene rings is 2. The first-order valence-corrected chi connectivity index (χ1v) is 11.9. The molecule has 3 N–H and O–H groups in total. The van der Waals surface area contributed by atoms with Crippen LogP contribution in [0.25, 0.3) is 0 Å². The van der Waals surface area contributed by atoms with Crippen LogP contribution in [0.1, 0.15) is 35.7 Å². The lowest BCUT2D eigenvalue weighted by Gasteiger charge is -2.31. The van der Waals surface area contributed by atoms with Crippen LogP contribution in [0, 0.1) is 5.92 Å². The third-order valence-corrected chi connectivity index (χ3v) is 7.54. The van der Waals surface area contributed by atoms with Crippen molar-refractivity contribution in [3.05, 3.63) is 65.7 Å². The molecule has 0 aromatic heterocycles. The predicted molar refractivity (Wildman–Crippen MR) is 119 cm³/mol. The molecular formula is C23H27N3O5S. The first kappa shape index (κ1) is 23.6. The van der Waals surface area contributed by atoms with Gasteiger partial charge >= 0.3 is 0 Å². The van der Waals surface area contributed by atoms with Gasteiger partial charge in [0.25, 0.3) is 0 Å². The summed E-state index contributed by atoms with van der Waals surface area (Å²) >= 11 is 0. The summed E-state index contributed by atoms with van der Waals surface area (Å²) in [5, 5.41) is 2.72. The van der Waals surface area contributed by atoms with Crippen LogP contribution in [0.15, 0.2) is 59.5 Å². The summed E-state index contributed by atoms with van der Waals surface area (Å²) in [6, 6.07) is 14.4. The fourth-order valence-electron chi connectivity index (χ4n) is 3.75. The summed E-state index contributed by atoms with van der Waals surface area (Å²) in [5.74, 6) is -1.55. The van der Waals surface area contributed by atoms with Gasteiger partial charge in [0, 0.05) is 31.0 Å². The summed E-state index contributed by atoms with van der Waals surface area (Å²) < 4.78 is 27.2. The summed E-state index contributed by atoms with van der Waals surface area (Å²) in [6.07, 6.45) is 0.949. The van der Waals surface area contributed by atoms with Gasteiger partial charge < -0.3 is 11.1 Å². The number of sulfonamides is 1. The molecular weight excluding hydrogens is 430 g/mol. The number of hydrogen-bond acceptors (Lipinski definition) is 5. The molecule has 1 saturated heterocycles. The Balaban J connectivity index is 1.62. The topological polar surface area (TPSA) is 127 Å². The molecule has 2 aromatic rings.